The number of primary amides is 1. The van der Waals surface area contributed by atoms with Gasteiger partial charge in [-0.15, -0.1) is 0 Å². The first kappa shape index (κ1) is 27.1. The molecule has 8 heteroatoms. The van der Waals surface area contributed by atoms with E-state index in [4.69, 9.17) is 15.6 Å². The predicted molar refractivity (Wildman–Crippen MR) is 153 cm³/mol. The van der Waals surface area contributed by atoms with Crippen molar-refractivity contribution in [1.82, 2.24) is 20.0 Å². The molecule has 0 radical (unpaired) electrons. The molecule has 2 amide bonds. The third-order valence-corrected chi connectivity index (χ3v) is 8.20. The normalized spacial score (nSPS) is 17.4. The summed E-state index contributed by atoms with van der Waals surface area (Å²) in [5.74, 6) is -0.737. The van der Waals surface area contributed by atoms with Crippen LogP contribution in [-0.2, 0) is 16.1 Å². The molecule has 1 aromatic heterocycles. The highest BCUT2D eigenvalue weighted by Crippen LogP contribution is 2.35. The molecular formula is C31H39N5O3. The fourth-order valence-corrected chi connectivity index (χ4v) is 5.69. The van der Waals surface area contributed by atoms with E-state index in [-0.39, 0.29) is 12.5 Å². The molecule has 3 N–H and O–H groups in total. The summed E-state index contributed by atoms with van der Waals surface area (Å²) in [4.78, 5) is 27.9. The van der Waals surface area contributed by atoms with Crippen LogP contribution in [0.15, 0.2) is 53.7 Å². The summed E-state index contributed by atoms with van der Waals surface area (Å²) in [6, 6.07) is 13.0. The third kappa shape index (κ3) is 6.07. The topological polar surface area (TPSA) is 102 Å². The minimum absolute atomic E-state index is 0.104. The van der Waals surface area contributed by atoms with E-state index in [1.807, 2.05) is 19.9 Å². The van der Waals surface area contributed by atoms with Gasteiger partial charge in [-0.25, -0.2) is 0 Å². The number of allylic oxidation sites excluding steroid dienone is 1. The summed E-state index contributed by atoms with van der Waals surface area (Å²) >= 11 is 0. The molecule has 1 aliphatic carbocycles. The lowest BCUT2D eigenvalue weighted by molar-refractivity contribution is -0.114. The Hall–Kier alpha value is -3.49. The molecule has 39 heavy (non-hydrogen) atoms. The molecule has 2 heterocycles. The van der Waals surface area contributed by atoms with Crippen molar-refractivity contribution in [2.75, 3.05) is 32.8 Å². The van der Waals surface area contributed by atoms with Crippen LogP contribution in [0.3, 0.4) is 0 Å². The molecule has 2 fully saturated rings. The maximum absolute atomic E-state index is 13.5. The lowest BCUT2D eigenvalue weighted by Gasteiger charge is -2.26. The number of carbonyl (C=O) groups is 2. The fraction of sp³-hybridized carbons (Fsp3) is 0.452. The quantitative estimate of drug-likeness (QED) is 0.395. The average molecular weight is 530 g/mol. The molecule has 8 nitrogen and oxygen atoms in total. The van der Waals surface area contributed by atoms with Crippen LogP contribution in [0.1, 0.15) is 67.9 Å². The number of morpholine rings is 1. The lowest BCUT2D eigenvalue weighted by Crippen LogP contribution is -2.35. The Morgan fingerprint density at radius 2 is 1.79 bits per heavy atom. The fourth-order valence-electron chi connectivity index (χ4n) is 5.69. The molecule has 206 valence electrons. The van der Waals surface area contributed by atoms with E-state index in [1.165, 1.54) is 18.4 Å². The van der Waals surface area contributed by atoms with Crippen molar-refractivity contribution in [3.63, 3.8) is 0 Å². The summed E-state index contributed by atoms with van der Waals surface area (Å²) in [6.45, 7) is 8.32. The zero-order chi connectivity index (χ0) is 27.4. The first-order chi connectivity index (χ1) is 18.9. The minimum atomic E-state index is -0.500. The molecule has 2 aliphatic rings. The van der Waals surface area contributed by atoms with E-state index in [1.54, 1.807) is 6.20 Å². The molecule has 0 unspecified atom stereocenters. The number of hydrogen-bond acceptors (Lipinski definition) is 5. The minimum Gasteiger partial charge on any atom is -0.379 e. The van der Waals surface area contributed by atoms with Gasteiger partial charge in [0.2, 0.25) is 5.91 Å². The largest absolute Gasteiger partial charge is 0.379 e. The summed E-state index contributed by atoms with van der Waals surface area (Å²) < 4.78 is 7.57. The Morgan fingerprint density at radius 3 is 2.46 bits per heavy atom. The predicted octanol–water partition coefficient (Wildman–Crippen LogP) is 4.59. The summed E-state index contributed by atoms with van der Waals surface area (Å²) in [5, 5.41) is 8.51. The van der Waals surface area contributed by atoms with Gasteiger partial charge in [0.25, 0.3) is 5.91 Å². The zero-order valence-electron chi connectivity index (χ0n) is 23.0. The summed E-state index contributed by atoms with van der Waals surface area (Å²) in [6.07, 6.45) is 7.10. The van der Waals surface area contributed by atoms with E-state index < -0.39 is 5.91 Å². The highest BCUT2D eigenvalue weighted by molar-refractivity contribution is 6.08. The maximum atomic E-state index is 13.5. The van der Waals surface area contributed by atoms with Gasteiger partial charge in [0.05, 0.1) is 36.5 Å². The number of aromatic nitrogens is 2. The molecule has 5 rings (SSSR count). The standard InChI is InChI=1S/C31H39N5O3/c1-3-21(2)27(30(32)37)18-33-31(38)26-16-24(17-29-28(26)19-34-36(29)25-6-4-5-7-25)23-10-8-22(9-11-23)20-35-12-14-39-15-13-35/h8-11,16-17,19,25H,3-7,12-15,18,20H2,1-2H3,(H2,32,37)(H,33,38)/b27-21-. The van der Waals surface area contributed by atoms with Crippen LogP contribution in [0.25, 0.3) is 22.0 Å². The first-order valence-corrected chi connectivity index (χ1v) is 14.1. The molecule has 0 spiro atoms. The molecule has 1 saturated heterocycles. The van der Waals surface area contributed by atoms with Gasteiger partial charge in [-0.2, -0.15) is 5.10 Å². The van der Waals surface area contributed by atoms with Crippen molar-refractivity contribution >= 4 is 22.7 Å². The number of nitrogens with one attached hydrogen (secondary N) is 1. The van der Waals surface area contributed by atoms with Gasteiger partial charge >= 0.3 is 0 Å². The number of rotatable bonds is 9. The SMILES string of the molecule is CC/C(C)=C(/CNC(=O)c1cc(-c2ccc(CN3CCOCC3)cc2)cc2c1cnn2C1CCCC1)C(N)=O. The van der Waals surface area contributed by atoms with E-state index in [0.717, 1.165) is 73.3 Å². The molecule has 2 aromatic carbocycles. The molecule has 0 atom stereocenters. The highest BCUT2D eigenvalue weighted by Gasteiger charge is 2.23. The number of fused-ring (bicyclic) bond motifs is 1. The average Bonchev–Trinajstić information content (AvgIpc) is 3.63. The second-order valence-electron chi connectivity index (χ2n) is 10.7. The van der Waals surface area contributed by atoms with Crippen molar-refractivity contribution in [1.29, 1.82) is 0 Å². The molecule has 1 aliphatic heterocycles. The Balaban J connectivity index is 1.47. The van der Waals surface area contributed by atoms with E-state index in [9.17, 15) is 9.59 Å². The zero-order valence-corrected chi connectivity index (χ0v) is 23.0. The molecule has 1 saturated carbocycles. The Kier molecular flexibility index (Phi) is 8.43. The van der Waals surface area contributed by atoms with Gasteiger partial charge in [0.15, 0.2) is 0 Å². The molecule has 3 aromatic rings. The van der Waals surface area contributed by atoms with E-state index in [2.05, 4.69) is 45.2 Å². The number of hydrogen-bond donors (Lipinski definition) is 2. The highest BCUT2D eigenvalue weighted by atomic mass is 16.5. The molecular weight excluding hydrogens is 490 g/mol. The van der Waals surface area contributed by atoms with Crippen LogP contribution in [0.2, 0.25) is 0 Å². The van der Waals surface area contributed by atoms with E-state index >= 15 is 0 Å². The Morgan fingerprint density at radius 1 is 1.08 bits per heavy atom. The van der Waals surface area contributed by atoms with Crippen molar-refractivity contribution in [2.45, 2.75) is 58.5 Å². The monoisotopic (exact) mass is 529 g/mol. The Labute approximate surface area is 230 Å². The van der Waals surface area contributed by atoms with Crippen molar-refractivity contribution in [2.24, 2.45) is 5.73 Å². The second kappa shape index (κ2) is 12.1. The number of nitrogens with two attached hydrogens (primary N) is 1. The lowest BCUT2D eigenvalue weighted by atomic mass is 9.98. The Bertz CT molecular complexity index is 1360. The van der Waals surface area contributed by atoms with Crippen LogP contribution >= 0.6 is 0 Å². The van der Waals surface area contributed by atoms with E-state index in [0.29, 0.717) is 23.6 Å². The van der Waals surface area contributed by atoms with Gasteiger partial charge < -0.3 is 15.8 Å². The van der Waals surface area contributed by atoms with Gasteiger partial charge in [-0.05, 0) is 55.0 Å². The number of nitrogens with zero attached hydrogens (tertiary/aromatic N) is 3. The van der Waals surface area contributed by atoms with Crippen molar-refractivity contribution in [3.8, 4) is 11.1 Å². The maximum Gasteiger partial charge on any atom is 0.252 e. The summed E-state index contributed by atoms with van der Waals surface area (Å²) in [7, 11) is 0. The van der Waals surface area contributed by atoms with Crippen LogP contribution in [0.4, 0.5) is 0 Å². The number of benzene rings is 2. The van der Waals surface area contributed by atoms with Gasteiger partial charge in [0, 0.05) is 37.1 Å². The van der Waals surface area contributed by atoms with Crippen LogP contribution in [-0.4, -0.2) is 59.3 Å². The second-order valence-corrected chi connectivity index (χ2v) is 10.7. The van der Waals surface area contributed by atoms with Gasteiger partial charge in [-0.1, -0.05) is 49.6 Å². The van der Waals surface area contributed by atoms with Gasteiger partial charge in [-0.3, -0.25) is 19.2 Å². The van der Waals surface area contributed by atoms with Gasteiger partial charge in [0.1, 0.15) is 0 Å². The number of amides is 2. The number of ether oxygens (including phenoxy) is 1. The first-order valence-electron chi connectivity index (χ1n) is 14.1. The summed E-state index contributed by atoms with van der Waals surface area (Å²) in [5.41, 5.74) is 11.7. The number of carbonyl (C=O) groups excluding carboxylic acids is 2. The van der Waals surface area contributed by atoms with Crippen LogP contribution in [0.5, 0.6) is 0 Å². The van der Waals surface area contributed by atoms with Crippen molar-refractivity contribution in [3.05, 3.63) is 64.9 Å². The molecule has 0 bridgehead atoms. The smallest absolute Gasteiger partial charge is 0.252 e. The van der Waals surface area contributed by atoms with Crippen LogP contribution in [0, 0.1) is 0 Å². The van der Waals surface area contributed by atoms with Crippen LogP contribution < -0.4 is 11.1 Å². The third-order valence-electron chi connectivity index (χ3n) is 8.20. The van der Waals surface area contributed by atoms with Crippen molar-refractivity contribution < 1.29 is 14.3 Å².